The molecule has 0 fully saturated rings. The van der Waals surface area contributed by atoms with Crippen molar-refractivity contribution in [1.82, 2.24) is 15.1 Å². The van der Waals surface area contributed by atoms with E-state index in [0.717, 1.165) is 25.8 Å². The third-order valence-corrected chi connectivity index (χ3v) is 3.28. The Kier molecular flexibility index (Phi) is 5.36. The van der Waals surface area contributed by atoms with Gasteiger partial charge in [-0.3, -0.25) is 10.00 Å². The fraction of sp³-hybridized carbons (Fsp3) is 0.714. The van der Waals surface area contributed by atoms with Crippen molar-refractivity contribution in [2.75, 3.05) is 0 Å². The molecule has 0 bridgehead atoms. The van der Waals surface area contributed by atoms with Gasteiger partial charge in [0.05, 0.1) is 6.07 Å². The lowest BCUT2D eigenvalue weighted by atomic mass is 9.91. The summed E-state index contributed by atoms with van der Waals surface area (Å²) in [4.78, 5) is 0. The van der Waals surface area contributed by atoms with Gasteiger partial charge in [-0.05, 0) is 46.1 Å². The molecule has 0 amide bonds. The van der Waals surface area contributed by atoms with Gasteiger partial charge in [-0.2, -0.15) is 10.4 Å². The summed E-state index contributed by atoms with van der Waals surface area (Å²) in [5.74, 6) is 0. The molecule has 1 heterocycles. The molecule has 1 aromatic rings. The molecular weight excluding hydrogens is 224 g/mol. The van der Waals surface area contributed by atoms with Crippen LogP contribution in [0.15, 0.2) is 12.3 Å². The third kappa shape index (κ3) is 3.85. The van der Waals surface area contributed by atoms with Crippen molar-refractivity contribution >= 4 is 0 Å². The molecule has 4 nitrogen and oxygen atoms in total. The molecule has 0 aliphatic heterocycles. The molecule has 1 atom stereocenters. The topological polar surface area (TPSA) is 53.6 Å². The van der Waals surface area contributed by atoms with Gasteiger partial charge in [0.2, 0.25) is 0 Å². The smallest absolute Gasteiger partial charge is 0.106 e. The van der Waals surface area contributed by atoms with Crippen LogP contribution >= 0.6 is 0 Å². The van der Waals surface area contributed by atoms with Gasteiger partial charge < -0.3 is 0 Å². The molecule has 100 valence electrons. The Morgan fingerprint density at radius 3 is 2.72 bits per heavy atom. The number of rotatable bonds is 7. The minimum absolute atomic E-state index is 0.330. The first-order chi connectivity index (χ1) is 8.53. The first-order valence-electron chi connectivity index (χ1n) is 6.70. The third-order valence-electron chi connectivity index (χ3n) is 3.28. The van der Waals surface area contributed by atoms with E-state index in [0.29, 0.717) is 6.04 Å². The second-order valence-corrected chi connectivity index (χ2v) is 5.15. The zero-order valence-corrected chi connectivity index (χ0v) is 11.9. The van der Waals surface area contributed by atoms with E-state index in [1.165, 1.54) is 5.69 Å². The first-order valence-corrected chi connectivity index (χ1v) is 6.70. The zero-order valence-electron chi connectivity index (χ0n) is 11.9. The lowest BCUT2D eigenvalue weighted by molar-refractivity contribution is 0.326. The van der Waals surface area contributed by atoms with E-state index in [1.807, 2.05) is 16.9 Å². The van der Waals surface area contributed by atoms with Crippen molar-refractivity contribution in [3.63, 3.8) is 0 Å². The minimum Gasteiger partial charge on any atom is -0.297 e. The summed E-state index contributed by atoms with van der Waals surface area (Å²) >= 11 is 0. The minimum atomic E-state index is -0.394. The Balaban J connectivity index is 2.53. The molecule has 0 aromatic carbocycles. The van der Waals surface area contributed by atoms with Crippen molar-refractivity contribution in [3.8, 4) is 6.07 Å². The number of nitrogens with zero attached hydrogens (tertiary/aromatic N) is 3. The molecule has 0 spiro atoms. The maximum Gasteiger partial charge on any atom is 0.106 e. The predicted octanol–water partition coefficient (Wildman–Crippen LogP) is 2.64. The van der Waals surface area contributed by atoms with Crippen molar-refractivity contribution in [2.45, 2.75) is 65.1 Å². The highest BCUT2D eigenvalue weighted by atomic mass is 15.3. The predicted molar refractivity (Wildman–Crippen MR) is 73.1 cm³/mol. The highest BCUT2D eigenvalue weighted by molar-refractivity contribution is 5.07. The molecule has 1 aromatic heterocycles. The van der Waals surface area contributed by atoms with Crippen molar-refractivity contribution in [3.05, 3.63) is 18.0 Å². The van der Waals surface area contributed by atoms with Gasteiger partial charge in [-0.1, -0.05) is 6.92 Å². The quantitative estimate of drug-likeness (QED) is 0.807. The summed E-state index contributed by atoms with van der Waals surface area (Å²) in [6.45, 7) is 9.16. The Hall–Kier alpha value is -1.34. The Bertz CT molecular complexity index is 402. The van der Waals surface area contributed by atoms with E-state index in [1.54, 1.807) is 0 Å². The summed E-state index contributed by atoms with van der Waals surface area (Å²) in [6.07, 6.45) is 4.47. The van der Waals surface area contributed by atoms with Crippen LogP contribution in [0, 0.1) is 18.3 Å². The standard InChI is InChI=1S/C14H24N4/c1-5-14(11-15,17-12(2)3)8-6-10-18-13(4)7-9-16-18/h7,9,12,17H,5-6,8,10H2,1-4H3. The molecule has 1 N–H and O–H groups in total. The van der Waals surface area contributed by atoms with Crippen LogP contribution in [0.5, 0.6) is 0 Å². The van der Waals surface area contributed by atoms with Gasteiger partial charge in [-0.15, -0.1) is 0 Å². The summed E-state index contributed by atoms with van der Waals surface area (Å²) in [7, 11) is 0. The highest BCUT2D eigenvalue weighted by Crippen LogP contribution is 2.18. The van der Waals surface area contributed by atoms with E-state index in [-0.39, 0.29) is 0 Å². The lowest BCUT2D eigenvalue weighted by Gasteiger charge is -2.29. The Labute approximate surface area is 110 Å². The van der Waals surface area contributed by atoms with Crippen LogP contribution in [0.3, 0.4) is 0 Å². The number of hydrogen-bond acceptors (Lipinski definition) is 3. The van der Waals surface area contributed by atoms with Crippen LogP contribution in [0.25, 0.3) is 0 Å². The summed E-state index contributed by atoms with van der Waals surface area (Å²) < 4.78 is 1.99. The van der Waals surface area contributed by atoms with Gasteiger partial charge in [-0.25, -0.2) is 0 Å². The largest absolute Gasteiger partial charge is 0.297 e. The van der Waals surface area contributed by atoms with E-state index < -0.39 is 5.54 Å². The lowest BCUT2D eigenvalue weighted by Crippen LogP contribution is -2.47. The summed E-state index contributed by atoms with van der Waals surface area (Å²) in [5, 5.41) is 17.1. The molecule has 18 heavy (non-hydrogen) atoms. The van der Waals surface area contributed by atoms with Crippen molar-refractivity contribution in [2.24, 2.45) is 0 Å². The molecule has 1 unspecified atom stereocenters. The molecule has 0 radical (unpaired) electrons. The summed E-state index contributed by atoms with van der Waals surface area (Å²) in [6, 6.07) is 4.78. The van der Waals surface area contributed by atoms with Crippen LogP contribution in [0.2, 0.25) is 0 Å². The number of aryl methyl sites for hydroxylation is 2. The van der Waals surface area contributed by atoms with E-state index in [4.69, 9.17) is 0 Å². The molecule has 4 heteroatoms. The average Bonchev–Trinajstić information content (AvgIpc) is 2.73. The summed E-state index contributed by atoms with van der Waals surface area (Å²) in [5.41, 5.74) is 0.778. The van der Waals surface area contributed by atoms with Gasteiger partial charge in [0.25, 0.3) is 0 Å². The van der Waals surface area contributed by atoms with Crippen molar-refractivity contribution in [1.29, 1.82) is 5.26 Å². The van der Waals surface area contributed by atoms with E-state index in [9.17, 15) is 5.26 Å². The normalized spacial score (nSPS) is 14.4. The number of hydrogen-bond donors (Lipinski definition) is 1. The number of aromatic nitrogens is 2. The number of nitriles is 1. The second kappa shape index (κ2) is 6.55. The highest BCUT2D eigenvalue weighted by Gasteiger charge is 2.27. The van der Waals surface area contributed by atoms with Crippen LogP contribution in [-0.4, -0.2) is 21.4 Å². The molecular formula is C14H24N4. The Morgan fingerprint density at radius 1 is 1.56 bits per heavy atom. The van der Waals surface area contributed by atoms with E-state index >= 15 is 0 Å². The van der Waals surface area contributed by atoms with Gasteiger partial charge in [0.15, 0.2) is 0 Å². The maximum absolute atomic E-state index is 9.40. The first kappa shape index (κ1) is 14.7. The molecule has 0 saturated carbocycles. The average molecular weight is 248 g/mol. The fourth-order valence-electron chi connectivity index (χ4n) is 2.23. The van der Waals surface area contributed by atoms with Crippen LogP contribution in [0.4, 0.5) is 0 Å². The molecule has 1 rings (SSSR count). The second-order valence-electron chi connectivity index (χ2n) is 5.15. The van der Waals surface area contributed by atoms with Gasteiger partial charge in [0.1, 0.15) is 5.54 Å². The van der Waals surface area contributed by atoms with Crippen LogP contribution < -0.4 is 5.32 Å². The fourth-order valence-corrected chi connectivity index (χ4v) is 2.23. The van der Waals surface area contributed by atoms with Crippen LogP contribution in [-0.2, 0) is 6.54 Å². The number of nitrogens with one attached hydrogen (secondary N) is 1. The Morgan fingerprint density at radius 2 is 2.28 bits per heavy atom. The van der Waals surface area contributed by atoms with Gasteiger partial charge >= 0.3 is 0 Å². The van der Waals surface area contributed by atoms with Crippen molar-refractivity contribution < 1.29 is 0 Å². The molecule has 0 saturated heterocycles. The monoisotopic (exact) mass is 248 g/mol. The SMILES string of the molecule is CCC(C#N)(CCCn1nccc1C)NC(C)C. The van der Waals surface area contributed by atoms with Gasteiger partial charge in [0, 0.05) is 24.5 Å². The molecule has 0 aliphatic carbocycles. The zero-order chi connectivity index (χ0) is 13.6. The molecule has 0 aliphatic rings. The van der Waals surface area contributed by atoms with E-state index in [2.05, 4.69) is 44.2 Å². The van der Waals surface area contributed by atoms with Crippen LogP contribution in [0.1, 0.15) is 45.7 Å². The maximum atomic E-state index is 9.40.